The van der Waals surface area contributed by atoms with Crippen LogP contribution in [-0.2, 0) is 4.79 Å². The van der Waals surface area contributed by atoms with E-state index in [0.29, 0.717) is 18.0 Å². The van der Waals surface area contributed by atoms with Gasteiger partial charge in [0, 0.05) is 11.8 Å². The van der Waals surface area contributed by atoms with Gasteiger partial charge in [-0.15, -0.1) is 0 Å². The molecule has 0 aliphatic heterocycles. The molecule has 0 fully saturated rings. The molecule has 5 heteroatoms. The minimum atomic E-state index is -0.158. The Morgan fingerprint density at radius 3 is 2.70 bits per heavy atom. The Labute approximate surface area is 161 Å². The van der Waals surface area contributed by atoms with Crippen LogP contribution >= 0.6 is 0 Å². The standard InChI is InChI=1S/C22H28N2O3/c1-5-17(4)27-19-10-8-9-18(13-19)23-14-22(25)24-20-11-6-7-12-21(20)26-15-16(2)3/h6-13,17,23H,2,5,14-15H2,1,3-4H3,(H,24,25). The number of carbonyl (C=O) groups excluding carboxylic acids is 1. The highest BCUT2D eigenvalue weighted by atomic mass is 16.5. The molecule has 0 heterocycles. The van der Waals surface area contributed by atoms with Gasteiger partial charge in [0.25, 0.3) is 0 Å². The Bertz CT molecular complexity index is 774. The van der Waals surface area contributed by atoms with Gasteiger partial charge in [0.05, 0.1) is 18.3 Å². The van der Waals surface area contributed by atoms with Crippen molar-refractivity contribution in [3.8, 4) is 11.5 Å². The summed E-state index contributed by atoms with van der Waals surface area (Å²) >= 11 is 0. The first-order valence-electron chi connectivity index (χ1n) is 9.14. The van der Waals surface area contributed by atoms with E-state index in [-0.39, 0.29) is 18.6 Å². The zero-order valence-electron chi connectivity index (χ0n) is 16.2. The highest BCUT2D eigenvalue weighted by Crippen LogP contribution is 2.24. The maximum absolute atomic E-state index is 12.3. The van der Waals surface area contributed by atoms with Crippen molar-refractivity contribution < 1.29 is 14.3 Å². The first kappa shape index (κ1) is 20.4. The molecule has 2 aromatic carbocycles. The summed E-state index contributed by atoms with van der Waals surface area (Å²) < 4.78 is 11.5. The van der Waals surface area contributed by atoms with E-state index in [1.807, 2.05) is 62.4 Å². The van der Waals surface area contributed by atoms with Gasteiger partial charge in [-0.1, -0.05) is 31.7 Å². The zero-order valence-corrected chi connectivity index (χ0v) is 16.2. The monoisotopic (exact) mass is 368 g/mol. The lowest BCUT2D eigenvalue weighted by Gasteiger charge is -2.15. The number of anilines is 2. The molecule has 144 valence electrons. The Balaban J connectivity index is 1.91. The normalized spacial score (nSPS) is 11.4. The zero-order chi connectivity index (χ0) is 19.6. The maximum Gasteiger partial charge on any atom is 0.243 e. The summed E-state index contributed by atoms with van der Waals surface area (Å²) in [5.41, 5.74) is 2.38. The molecule has 1 atom stereocenters. The molecule has 0 aliphatic carbocycles. The second-order valence-electron chi connectivity index (χ2n) is 6.51. The van der Waals surface area contributed by atoms with Gasteiger partial charge in [0.15, 0.2) is 0 Å². The Morgan fingerprint density at radius 2 is 1.96 bits per heavy atom. The van der Waals surface area contributed by atoms with Crippen LogP contribution in [0.15, 0.2) is 60.7 Å². The van der Waals surface area contributed by atoms with Crippen LogP contribution in [0.3, 0.4) is 0 Å². The van der Waals surface area contributed by atoms with E-state index in [1.54, 1.807) is 0 Å². The fourth-order valence-corrected chi connectivity index (χ4v) is 2.27. The topological polar surface area (TPSA) is 59.6 Å². The average Bonchev–Trinajstić information content (AvgIpc) is 2.66. The van der Waals surface area contributed by atoms with Crippen molar-refractivity contribution in [3.05, 3.63) is 60.7 Å². The predicted octanol–water partition coefficient (Wildman–Crippen LogP) is 4.87. The molecular weight excluding hydrogens is 340 g/mol. The molecule has 0 aromatic heterocycles. The second-order valence-corrected chi connectivity index (χ2v) is 6.51. The quantitative estimate of drug-likeness (QED) is 0.588. The van der Waals surface area contributed by atoms with E-state index in [0.717, 1.165) is 23.4 Å². The molecule has 0 saturated carbocycles. The first-order valence-corrected chi connectivity index (χ1v) is 9.14. The first-order chi connectivity index (χ1) is 13.0. The number of para-hydroxylation sites is 2. The van der Waals surface area contributed by atoms with Crippen LogP contribution in [0.2, 0.25) is 0 Å². The van der Waals surface area contributed by atoms with Gasteiger partial charge in [0.2, 0.25) is 5.91 Å². The van der Waals surface area contributed by atoms with Gasteiger partial charge in [-0.2, -0.15) is 0 Å². The lowest BCUT2D eigenvalue weighted by Crippen LogP contribution is -2.22. The molecule has 2 N–H and O–H groups in total. The van der Waals surface area contributed by atoms with E-state index in [4.69, 9.17) is 9.47 Å². The van der Waals surface area contributed by atoms with Gasteiger partial charge >= 0.3 is 0 Å². The van der Waals surface area contributed by atoms with Crippen LogP contribution in [0, 0.1) is 0 Å². The fraction of sp³-hybridized carbons (Fsp3) is 0.318. The largest absolute Gasteiger partial charge is 0.491 e. The van der Waals surface area contributed by atoms with Crippen LogP contribution in [0.1, 0.15) is 27.2 Å². The molecule has 0 aliphatic rings. The molecule has 2 rings (SSSR count). The third-order valence-electron chi connectivity index (χ3n) is 3.83. The minimum absolute atomic E-state index is 0.140. The number of rotatable bonds is 10. The molecule has 5 nitrogen and oxygen atoms in total. The lowest BCUT2D eigenvalue weighted by atomic mass is 10.2. The SMILES string of the molecule is C=C(C)COc1ccccc1NC(=O)CNc1cccc(OC(C)CC)c1. The predicted molar refractivity (Wildman–Crippen MR) is 111 cm³/mol. The maximum atomic E-state index is 12.3. The van der Waals surface area contributed by atoms with Crippen molar-refractivity contribution in [3.63, 3.8) is 0 Å². The van der Waals surface area contributed by atoms with Gasteiger partial charge in [0.1, 0.15) is 18.1 Å². The van der Waals surface area contributed by atoms with Crippen LogP contribution in [0.25, 0.3) is 0 Å². The van der Waals surface area contributed by atoms with E-state index < -0.39 is 0 Å². The molecular formula is C22H28N2O3. The smallest absolute Gasteiger partial charge is 0.243 e. The summed E-state index contributed by atoms with van der Waals surface area (Å²) in [6, 6.07) is 15.0. The summed E-state index contributed by atoms with van der Waals surface area (Å²) in [5.74, 6) is 1.25. The summed E-state index contributed by atoms with van der Waals surface area (Å²) in [6.07, 6.45) is 1.09. The van der Waals surface area contributed by atoms with Crippen molar-refractivity contribution in [2.75, 3.05) is 23.8 Å². The van der Waals surface area contributed by atoms with Gasteiger partial charge in [-0.05, 0) is 50.1 Å². The molecule has 0 saturated heterocycles. The fourth-order valence-electron chi connectivity index (χ4n) is 2.27. The van der Waals surface area contributed by atoms with Gasteiger partial charge in [-0.3, -0.25) is 4.79 Å². The number of benzene rings is 2. The minimum Gasteiger partial charge on any atom is -0.491 e. The summed E-state index contributed by atoms with van der Waals surface area (Å²) in [6.45, 7) is 10.4. The van der Waals surface area contributed by atoms with Crippen molar-refractivity contribution in [2.24, 2.45) is 0 Å². The number of ether oxygens (including phenoxy) is 2. The third-order valence-corrected chi connectivity index (χ3v) is 3.83. The molecule has 27 heavy (non-hydrogen) atoms. The molecule has 0 bridgehead atoms. The lowest BCUT2D eigenvalue weighted by molar-refractivity contribution is -0.114. The highest BCUT2D eigenvalue weighted by Gasteiger charge is 2.08. The van der Waals surface area contributed by atoms with Crippen LogP contribution in [-0.4, -0.2) is 25.2 Å². The van der Waals surface area contributed by atoms with Crippen molar-refractivity contribution in [2.45, 2.75) is 33.3 Å². The second kappa shape index (κ2) is 10.3. The molecule has 2 aromatic rings. The number of hydrogen-bond donors (Lipinski definition) is 2. The molecule has 0 radical (unpaired) electrons. The number of carbonyl (C=O) groups is 1. The number of hydrogen-bond acceptors (Lipinski definition) is 4. The summed E-state index contributed by atoms with van der Waals surface area (Å²) in [7, 11) is 0. The Kier molecular flexibility index (Phi) is 7.74. The van der Waals surface area contributed by atoms with Crippen LogP contribution in [0.5, 0.6) is 11.5 Å². The number of nitrogens with one attached hydrogen (secondary N) is 2. The van der Waals surface area contributed by atoms with Crippen LogP contribution < -0.4 is 20.1 Å². The van der Waals surface area contributed by atoms with Crippen molar-refractivity contribution >= 4 is 17.3 Å². The highest BCUT2D eigenvalue weighted by molar-refractivity contribution is 5.95. The molecule has 1 unspecified atom stereocenters. The van der Waals surface area contributed by atoms with Gasteiger partial charge in [-0.25, -0.2) is 0 Å². The van der Waals surface area contributed by atoms with Gasteiger partial charge < -0.3 is 20.1 Å². The third kappa shape index (κ3) is 7.05. The van der Waals surface area contributed by atoms with Crippen molar-refractivity contribution in [1.82, 2.24) is 0 Å². The Hall–Kier alpha value is -2.95. The molecule has 1 amide bonds. The van der Waals surface area contributed by atoms with E-state index in [9.17, 15) is 4.79 Å². The summed E-state index contributed by atoms with van der Waals surface area (Å²) in [4.78, 5) is 12.3. The average molecular weight is 368 g/mol. The Morgan fingerprint density at radius 1 is 1.19 bits per heavy atom. The van der Waals surface area contributed by atoms with Crippen LogP contribution in [0.4, 0.5) is 11.4 Å². The molecule has 0 spiro atoms. The van der Waals surface area contributed by atoms with E-state index in [1.165, 1.54) is 0 Å². The number of amides is 1. The van der Waals surface area contributed by atoms with E-state index in [2.05, 4.69) is 24.1 Å². The summed E-state index contributed by atoms with van der Waals surface area (Å²) in [5, 5.41) is 5.99. The van der Waals surface area contributed by atoms with Crippen molar-refractivity contribution in [1.29, 1.82) is 0 Å². The van der Waals surface area contributed by atoms with E-state index >= 15 is 0 Å².